The van der Waals surface area contributed by atoms with E-state index in [0.29, 0.717) is 6.07 Å². The van der Waals surface area contributed by atoms with Gasteiger partial charge in [-0.15, -0.1) is 0 Å². The Morgan fingerprint density at radius 3 is 2.26 bits per heavy atom. The van der Waals surface area contributed by atoms with Gasteiger partial charge in [0.1, 0.15) is 16.4 Å². The number of nitrogen functional groups attached to an aromatic ring is 1. The summed E-state index contributed by atoms with van der Waals surface area (Å²) in [4.78, 5) is 25.3. The molecule has 13 nitrogen and oxygen atoms in total. The Hall–Kier alpha value is -5.57. The van der Waals surface area contributed by atoms with Crippen LogP contribution in [0.5, 0.6) is 0 Å². The number of hydrogen-bond donors (Lipinski definition) is 4. The molecule has 0 spiro atoms. The standard InChI is InChI=1S/C23H15F4N7O4S.C2HF3O2/c24-15-7-11(13-5-6-30-10-19(13)39(29,36)37)1-3-16(15)31-22(35)17-9-20(23(25,26)27)32-34(17)12-2-4-18-14(8-12)21(28)33-38-18;3-2(4,5)1(6)7/h1-10H,(H2,28,33)(H,31,35)(H2,29,36,37);(H,6,7). The molecule has 6 N–H and O–H groups in total. The second-order valence-electron chi connectivity index (χ2n) is 8.94. The Morgan fingerprint density at radius 2 is 1.67 bits per heavy atom. The highest BCUT2D eigenvalue weighted by Crippen LogP contribution is 2.32. The van der Waals surface area contributed by atoms with Crippen molar-refractivity contribution >= 4 is 44.4 Å². The third-order valence-electron chi connectivity index (χ3n) is 5.82. The maximum Gasteiger partial charge on any atom is 0.490 e. The predicted octanol–water partition coefficient (Wildman–Crippen LogP) is 4.35. The summed E-state index contributed by atoms with van der Waals surface area (Å²) in [7, 11) is -4.19. The van der Waals surface area contributed by atoms with Gasteiger partial charge in [-0.25, -0.2) is 27.4 Å². The van der Waals surface area contributed by atoms with E-state index >= 15 is 0 Å². The molecule has 5 rings (SSSR count). The van der Waals surface area contributed by atoms with E-state index in [1.807, 2.05) is 0 Å². The van der Waals surface area contributed by atoms with Gasteiger partial charge in [-0.05, 0) is 42.0 Å². The summed E-state index contributed by atoms with van der Waals surface area (Å²) in [5.41, 5.74) is 3.84. The van der Waals surface area contributed by atoms with Gasteiger partial charge in [0.15, 0.2) is 17.1 Å². The van der Waals surface area contributed by atoms with Crippen LogP contribution >= 0.6 is 0 Å². The fourth-order valence-electron chi connectivity index (χ4n) is 3.77. The Kier molecular flexibility index (Phi) is 8.75. The van der Waals surface area contributed by atoms with E-state index in [9.17, 15) is 43.9 Å². The number of anilines is 2. The SMILES string of the molecule is Nc1noc2ccc(-n3nc(C(F)(F)F)cc3C(=O)Nc3ccc(-c4ccncc4S(N)(=O)=O)cc3F)cc12.O=C(O)C(F)(F)F. The van der Waals surface area contributed by atoms with Crippen molar-refractivity contribution < 1.29 is 58.4 Å². The Bertz CT molecular complexity index is 2080. The van der Waals surface area contributed by atoms with Crippen molar-refractivity contribution in [1.82, 2.24) is 19.9 Å². The molecular weight excluding hydrogens is 659 g/mol. The van der Waals surface area contributed by atoms with Crippen molar-refractivity contribution in [2.45, 2.75) is 17.2 Å². The van der Waals surface area contributed by atoms with E-state index in [1.54, 1.807) is 0 Å². The third kappa shape index (κ3) is 7.21. The molecule has 0 aliphatic carbocycles. The molecule has 21 heteroatoms. The van der Waals surface area contributed by atoms with Crippen LogP contribution in [-0.2, 0) is 21.0 Å². The van der Waals surface area contributed by atoms with Crippen molar-refractivity contribution in [1.29, 1.82) is 0 Å². The zero-order chi connectivity index (χ0) is 34.2. The van der Waals surface area contributed by atoms with Crippen LogP contribution in [0.2, 0.25) is 0 Å². The zero-order valence-electron chi connectivity index (χ0n) is 22.3. The Balaban J connectivity index is 0.000000617. The molecule has 1 amide bonds. The number of aliphatic carboxylic acids is 1. The van der Waals surface area contributed by atoms with Gasteiger partial charge >= 0.3 is 18.3 Å². The second-order valence-corrected chi connectivity index (χ2v) is 10.5. The minimum absolute atomic E-state index is 0.0250. The number of halogens is 7. The summed E-state index contributed by atoms with van der Waals surface area (Å²) in [6.45, 7) is 0. The number of hydrogen-bond acceptors (Lipinski definition) is 9. The number of rotatable bonds is 5. The lowest BCUT2D eigenvalue weighted by molar-refractivity contribution is -0.192. The Morgan fingerprint density at radius 1 is 1.00 bits per heavy atom. The number of pyridine rings is 1. The first kappa shape index (κ1) is 33.3. The highest BCUT2D eigenvalue weighted by Gasteiger charge is 2.38. The number of sulfonamides is 1. The lowest BCUT2D eigenvalue weighted by Gasteiger charge is -2.11. The van der Waals surface area contributed by atoms with Crippen molar-refractivity contribution in [3.63, 3.8) is 0 Å². The number of nitrogens with zero attached hydrogens (tertiary/aromatic N) is 4. The first-order valence-corrected chi connectivity index (χ1v) is 13.5. The molecule has 0 unspecified atom stereocenters. The number of amides is 1. The summed E-state index contributed by atoms with van der Waals surface area (Å²) in [5, 5.41) is 21.9. The average molecular weight is 675 g/mol. The number of alkyl halides is 6. The largest absolute Gasteiger partial charge is 0.490 e. The monoisotopic (exact) mass is 675 g/mol. The molecule has 0 bridgehead atoms. The molecule has 0 saturated carbocycles. The highest BCUT2D eigenvalue weighted by molar-refractivity contribution is 7.89. The lowest BCUT2D eigenvalue weighted by atomic mass is 10.1. The molecule has 0 fully saturated rings. The molecule has 3 heterocycles. The molecule has 2 aromatic carbocycles. The molecule has 0 radical (unpaired) electrons. The second kappa shape index (κ2) is 12.1. The van der Waals surface area contributed by atoms with Crippen LogP contribution in [-0.4, -0.2) is 51.5 Å². The zero-order valence-corrected chi connectivity index (χ0v) is 23.1. The van der Waals surface area contributed by atoms with Crippen LogP contribution in [0.15, 0.2) is 70.3 Å². The minimum atomic E-state index is -5.08. The van der Waals surface area contributed by atoms with Crippen LogP contribution in [0, 0.1) is 5.82 Å². The topological polar surface area (TPSA) is 209 Å². The number of carboxylic acids is 1. The summed E-state index contributed by atoms with van der Waals surface area (Å²) in [6.07, 6.45) is -7.69. The number of nitrogens with two attached hydrogens (primary N) is 2. The maximum atomic E-state index is 15.0. The first-order valence-electron chi connectivity index (χ1n) is 12.0. The van der Waals surface area contributed by atoms with Gasteiger partial charge in [0, 0.05) is 24.0 Å². The number of primary sulfonamides is 1. The fourth-order valence-corrected chi connectivity index (χ4v) is 4.47. The van der Waals surface area contributed by atoms with Crippen LogP contribution in [0.1, 0.15) is 16.2 Å². The van der Waals surface area contributed by atoms with Gasteiger partial charge in [0.2, 0.25) is 10.0 Å². The van der Waals surface area contributed by atoms with Gasteiger partial charge in [0.05, 0.1) is 16.8 Å². The summed E-state index contributed by atoms with van der Waals surface area (Å²) >= 11 is 0. The predicted molar refractivity (Wildman–Crippen MR) is 143 cm³/mol. The van der Waals surface area contributed by atoms with Crippen LogP contribution in [0.25, 0.3) is 27.8 Å². The van der Waals surface area contributed by atoms with Crippen molar-refractivity contribution in [3.05, 3.63) is 78.1 Å². The minimum Gasteiger partial charge on any atom is -0.475 e. The van der Waals surface area contributed by atoms with Crippen LogP contribution in [0.4, 0.5) is 42.2 Å². The molecule has 0 saturated heterocycles. The molecule has 0 atom stereocenters. The van der Waals surface area contributed by atoms with E-state index in [0.717, 1.165) is 23.0 Å². The molecular formula is C25H16F7N7O6S. The Labute approximate surface area is 251 Å². The van der Waals surface area contributed by atoms with Crippen molar-refractivity contribution in [3.8, 4) is 16.8 Å². The van der Waals surface area contributed by atoms with E-state index in [1.165, 1.54) is 36.5 Å². The van der Waals surface area contributed by atoms with Crippen LogP contribution in [0.3, 0.4) is 0 Å². The quantitative estimate of drug-likeness (QED) is 0.194. The number of carbonyl (C=O) groups is 2. The van der Waals surface area contributed by atoms with Gasteiger partial charge in [-0.1, -0.05) is 11.2 Å². The van der Waals surface area contributed by atoms with Crippen molar-refractivity contribution in [2.24, 2.45) is 5.14 Å². The number of fused-ring (bicyclic) bond motifs is 1. The molecule has 242 valence electrons. The molecule has 3 aromatic heterocycles. The highest BCUT2D eigenvalue weighted by atomic mass is 32.2. The average Bonchev–Trinajstić information content (AvgIpc) is 3.58. The van der Waals surface area contributed by atoms with E-state index in [-0.39, 0.29) is 38.5 Å². The van der Waals surface area contributed by atoms with Gasteiger partial charge < -0.3 is 20.7 Å². The lowest BCUT2D eigenvalue weighted by Crippen LogP contribution is -2.21. The third-order valence-corrected chi connectivity index (χ3v) is 6.76. The fraction of sp³-hybridized carbons (Fsp3) is 0.0800. The number of nitrogens with one attached hydrogen (secondary N) is 1. The molecule has 5 aromatic rings. The van der Waals surface area contributed by atoms with Crippen LogP contribution < -0.4 is 16.2 Å². The normalized spacial score (nSPS) is 12.0. The van der Waals surface area contributed by atoms with E-state index in [4.69, 9.17) is 25.3 Å². The number of benzene rings is 2. The van der Waals surface area contributed by atoms with Gasteiger partial charge in [-0.2, -0.15) is 31.4 Å². The smallest absolute Gasteiger partial charge is 0.475 e. The number of carboxylic acid groups (broad SMARTS) is 1. The number of carbonyl (C=O) groups excluding carboxylic acids is 1. The summed E-state index contributed by atoms with van der Waals surface area (Å²) in [5.74, 6) is -4.90. The van der Waals surface area contributed by atoms with Gasteiger partial charge in [0.25, 0.3) is 5.91 Å². The first-order chi connectivity index (χ1) is 21.3. The summed E-state index contributed by atoms with van der Waals surface area (Å²) in [6, 6.07) is 9.22. The summed E-state index contributed by atoms with van der Waals surface area (Å²) < 4.78 is 117. The van der Waals surface area contributed by atoms with Gasteiger partial charge in [-0.3, -0.25) is 9.78 Å². The van der Waals surface area contributed by atoms with E-state index < -0.39 is 57.1 Å². The molecule has 0 aliphatic rings. The molecule has 46 heavy (non-hydrogen) atoms. The van der Waals surface area contributed by atoms with E-state index in [2.05, 4.69) is 20.6 Å². The molecule has 0 aliphatic heterocycles. The van der Waals surface area contributed by atoms with Crippen molar-refractivity contribution in [2.75, 3.05) is 11.1 Å². The number of aromatic nitrogens is 4. The maximum absolute atomic E-state index is 15.0.